The van der Waals surface area contributed by atoms with Gasteiger partial charge in [-0.3, -0.25) is 14.5 Å². The summed E-state index contributed by atoms with van der Waals surface area (Å²) in [4.78, 5) is 26.2. The highest BCUT2D eigenvalue weighted by Gasteiger charge is 2.34. The summed E-state index contributed by atoms with van der Waals surface area (Å²) in [7, 11) is 0. The summed E-state index contributed by atoms with van der Waals surface area (Å²) in [5.74, 6) is -0.441. The smallest absolute Gasteiger partial charge is 0.261 e. The number of nitrogens with zero attached hydrogens (tertiary/aromatic N) is 1. The first-order chi connectivity index (χ1) is 12.2. The van der Waals surface area contributed by atoms with E-state index in [1.54, 1.807) is 24.3 Å². The second-order valence-electron chi connectivity index (χ2n) is 6.32. The van der Waals surface area contributed by atoms with Crippen molar-refractivity contribution >= 4 is 11.8 Å². The van der Waals surface area contributed by atoms with Crippen molar-refractivity contribution < 1.29 is 14.3 Å². The van der Waals surface area contributed by atoms with Crippen LogP contribution in [-0.2, 0) is 17.9 Å². The predicted molar refractivity (Wildman–Crippen MR) is 96.3 cm³/mol. The molecule has 4 heteroatoms. The maximum absolute atomic E-state index is 12.4. The molecule has 2 aromatic carbocycles. The summed E-state index contributed by atoms with van der Waals surface area (Å²) >= 11 is 0. The molecule has 0 saturated heterocycles. The Hall–Kier alpha value is -2.46. The number of amides is 2. The fourth-order valence-corrected chi connectivity index (χ4v) is 3.03. The van der Waals surface area contributed by atoms with Crippen LogP contribution in [0.1, 0.15) is 58.0 Å². The minimum Gasteiger partial charge on any atom is -0.377 e. The molecule has 1 aliphatic rings. The number of rotatable bonds is 8. The second-order valence-corrected chi connectivity index (χ2v) is 6.32. The standard InChI is InChI=1S/C21H23NO3/c1-2-3-6-12-25-15-17-9-7-8-16(13-17)14-22-20(23)18-10-4-5-11-19(18)21(22)24/h4-5,7-11,13H,2-3,6,12,14-15H2,1H3. The van der Waals surface area contributed by atoms with Gasteiger partial charge >= 0.3 is 0 Å². The lowest BCUT2D eigenvalue weighted by Crippen LogP contribution is -2.29. The van der Waals surface area contributed by atoms with Crippen molar-refractivity contribution in [1.82, 2.24) is 4.90 Å². The molecule has 0 radical (unpaired) electrons. The molecule has 0 atom stereocenters. The van der Waals surface area contributed by atoms with Crippen molar-refractivity contribution in [1.29, 1.82) is 0 Å². The zero-order valence-corrected chi connectivity index (χ0v) is 14.5. The molecule has 1 aliphatic heterocycles. The fraction of sp³-hybridized carbons (Fsp3) is 0.333. The molecule has 0 aliphatic carbocycles. The molecule has 25 heavy (non-hydrogen) atoms. The van der Waals surface area contributed by atoms with Crippen LogP contribution < -0.4 is 0 Å². The minimum atomic E-state index is -0.221. The lowest BCUT2D eigenvalue weighted by atomic mass is 10.1. The Bertz CT molecular complexity index is 734. The molecule has 2 amide bonds. The van der Waals surface area contributed by atoms with Crippen molar-refractivity contribution in [2.75, 3.05) is 6.61 Å². The molecule has 130 valence electrons. The van der Waals surface area contributed by atoms with Gasteiger partial charge in [0, 0.05) is 6.61 Å². The van der Waals surface area contributed by atoms with Crippen molar-refractivity contribution in [3.8, 4) is 0 Å². The first kappa shape index (κ1) is 17.4. The van der Waals surface area contributed by atoms with Gasteiger partial charge in [0.05, 0.1) is 24.3 Å². The zero-order valence-electron chi connectivity index (χ0n) is 14.5. The Morgan fingerprint density at radius 3 is 2.24 bits per heavy atom. The number of unbranched alkanes of at least 4 members (excludes halogenated alkanes) is 2. The number of imide groups is 1. The van der Waals surface area contributed by atoms with Crippen molar-refractivity contribution in [2.24, 2.45) is 0 Å². The van der Waals surface area contributed by atoms with Crippen LogP contribution >= 0.6 is 0 Å². The van der Waals surface area contributed by atoms with E-state index in [4.69, 9.17) is 4.74 Å². The third kappa shape index (κ3) is 3.97. The molecule has 0 bridgehead atoms. The van der Waals surface area contributed by atoms with Gasteiger partial charge in [-0.15, -0.1) is 0 Å². The second kappa shape index (κ2) is 8.08. The van der Waals surface area contributed by atoms with E-state index in [-0.39, 0.29) is 18.4 Å². The van der Waals surface area contributed by atoms with Gasteiger partial charge in [-0.2, -0.15) is 0 Å². The van der Waals surface area contributed by atoms with Crippen LogP contribution in [0.15, 0.2) is 48.5 Å². The number of carbonyl (C=O) groups excluding carboxylic acids is 2. The summed E-state index contributed by atoms with van der Waals surface area (Å²) in [5.41, 5.74) is 2.97. The molecule has 4 nitrogen and oxygen atoms in total. The van der Waals surface area contributed by atoms with Gasteiger partial charge in [0.2, 0.25) is 0 Å². The predicted octanol–water partition coefficient (Wildman–Crippen LogP) is 4.19. The Kier molecular flexibility index (Phi) is 5.61. The molecule has 0 fully saturated rings. The van der Waals surface area contributed by atoms with E-state index >= 15 is 0 Å². The molecule has 0 N–H and O–H groups in total. The van der Waals surface area contributed by atoms with Crippen LogP contribution in [0.4, 0.5) is 0 Å². The van der Waals surface area contributed by atoms with Gasteiger partial charge < -0.3 is 4.74 Å². The van der Waals surface area contributed by atoms with Crippen LogP contribution in [0.5, 0.6) is 0 Å². The van der Waals surface area contributed by atoms with Gasteiger partial charge in [-0.1, -0.05) is 56.2 Å². The minimum absolute atomic E-state index is 0.221. The molecule has 3 rings (SSSR count). The summed E-state index contributed by atoms with van der Waals surface area (Å²) in [6.45, 7) is 3.77. The molecule has 0 unspecified atom stereocenters. The van der Waals surface area contributed by atoms with Crippen LogP contribution in [0, 0.1) is 0 Å². The molecule has 1 heterocycles. The molecular formula is C21H23NO3. The summed E-state index contributed by atoms with van der Waals surface area (Å²) in [6, 6.07) is 14.9. The number of fused-ring (bicyclic) bond motifs is 1. The highest BCUT2D eigenvalue weighted by atomic mass is 16.5. The highest BCUT2D eigenvalue weighted by Crippen LogP contribution is 2.24. The van der Waals surface area contributed by atoms with Crippen LogP contribution in [0.2, 0.25) is 0 Å². The average Bonchev–Trinajstić information content (AvgIpc) is 2.87. The van der Waals surface area contributed by atoms with E-state index < -0.39 is 0 Å². The third-order valence-electron chi connectivity index (χ3n) is 4.37. The number of hydrogen-bond acceptors (Lipinski definition) is 3. The largest absolute Gasteiger partial charge is 0.377 e. The van der Waals surface area contributed by atoms with Gasteiger partial charge in [0.1, 0.15) is 0 Å². The topological polar surface area (TPSA) is 46.6 Å². The van der Waals surface area contributed by atoms with E-state index in [0.717, 1.165) is 24.2 Å². The SMILES string of the molecule is CCCCCOCc1cccc(CN2C(=O)c3ccccc3C2=O)c1. The molecule has 0 saturated carbocycles. The normalized spacial score (nSPS) is 13.4. The van der Waals surface area contributed by atoms with Crippen LogP contribution in [0.25, 0.3) is 0 Å². The quantitative estimate of drug-likeness (QED) is 0.536. The number of benzene rings is 2. The van der Waals surface area contributed by atoms with Crippen molar-refractivity contribution in [3.63, 3.8) is 0 Å². The average molecular weight is 337 g/mol. The van der Waals surface area contributed by atoms with E-state index in [0.29, 0.717) is 17.7 Å². The fourth-order valence-electron chi connectivity index (χ4n) is 3.03. The first-order valence-electron chi connectivity index (χ1n) is 8.81. The van der Waals surface area contributed by atoms with Crippen LogP contribution in [-0.4, -0.2) is 23.3 Å². The lowest BCUT2D eigenvalue weighted by Gasteiger charge is -2.14. The molecular weight excluding hydrogens is 314 g/mol. The Balaban J connectivity index is 1.63. The first-order valence-corrected chi connectivity index (χ1v) is 8.81. The van der Waals surface area contributed by atoms with E-state index in [2.05, 4.69) is 6.92 Å². The zero-order chi connectivity index (χ0) is 17.6. The molecule has 2 aromatic rings. The number of hydrogen-bond donors (Lipinski definition) is 0. The Labute approximate surface area is 148 Å². The Morgan fingerprint density at radius 2 is 1.56 bits per heavy atom. The van der Waals surface area contributed by atoms with Gasteiger partial charge in [0.25, 0.3) is 11.8 Å². The van der Waals surface area contributed by atoms with Gasteiger partial charge in [0.15, 0.2) is 0 Å². The van der Waals surface area contributed by atoms with Gasteiger partial charge in [-0.05, 0) is 29.7 Å². The summed E-state index contributed by atoms with van der Waals surface area (Å²) in [6.07, 6.45) is 3.43. The van der Waals surface area contributed by atoms with Crippen molar-refractivity contribution in [2.45, 2.75) is 39.3 Å². The van der Waals surface area contributed by atoms with Crippen LogP contribution in [0.3, 0.4) is 0 Å². The van der Waals surface area contributed by atoms with E-state index in [1.807, 2.05) is 24.3 Å². The lowest BCUT2D eigenvalue weighted by molar-refractivity contribution is 0.0642. The molecule has 0 spiro atoms. The van der Waals surface area contributed by atoms with E-state index in [9.17, 15) is 9.59 Å². The molecule has 0 aromatic heterocycles. The van der Waals surface area contributed by atoms with Crippen molar-refractivity contribution in [3.05, 3.63) is 70.8 Å². The number of ether oxygens (including phenoxy) is 1. The summed E-state index contributed by atoms with van der Waals surface area (Å²) < 4.78 is 5.69. The van der Waals surface area contributed by atoms with Gasteiger partial charge in [-0.25, -0.2) is 0 Å². The summed E-state index contributed by atoms with van der Waals surface area (Å²) in [5, 5.41) is 0. The maximum Gasteiger partial charge on any atom is 0.261 e. The third-order valence-corrected chi connectivity index (χ3v) is 4.37. The highest BCUT2D eigenvalue weighted by molar-refractivity contribution is 6.21. The number of carbonyl (C=O) groups is 2. The van der Waals surface area contributed by atoms with E-state index in [1.165, 1.54) is 17.7 Å². The Morgan fingerprint density at radius 1 is 0.880 bits per heavy atom. The maximum atomic E-state index is 12.4. The monoisotopic (exact) mass is 337 g/mol.